The molecule has 2 aromatic rings. The summed E-state index contributed by atoms with van der Waals surface area (Å²) in [6, 6.07) is 0.254. The van der Waals surface area contributed by atoms with Crippen molar-refractivity contribution in [2.75, 3.05) is 14.1 Å². The first-order valence-electron chi connectivity index (χ1n) is 8.88. The molecule has 0 bridgehead atoms. The Morgan fingerprint density at radius 2 is 2.28 bits per heavy atom. The molecule has 1 atom stereocenters. The first-order valence-corrected chi connectivity index (χ1v) is 9.70. The van der Waals surface area contributed by atoms with Gasteiger partial charge in [-0.05, 0) is 24.8 Å². The summed E-state index contributed by atoms with van der Waals surface area (Å²) in [5, 5.41) is 9.52. The van der Waals surface area contributed by atoms with Crippen LogP contribution in [-0.2, 0) is 24.3 Å². The Bertz CT molecular complexity index is 734. The van der Waals surface area contributed by atoms with Crippen LogP contribution in [0.2, 0.25) is 0 Å². The van der Waals surface area contributed by atoms with Crippen molar-refractivity contribution >= 4 is 17.2 Å². The number of thiazole rings is 1. The Morgan fingerprint density at radius 1 is 1.48 bits per heavy atom. The van der Waals surface area contributed by atoms with E-state index in [0.717, 1.165) is 31.5 Å². The van der Waals surface area contributed by atoms with E-state index < -0.39 is 0 Å². The molecule has 136 valence electrons. The number of carbonyl (C=O) groups excluding carboxylic acids is 1. The van der Waals surface area contributed by atoms with Crippen molar-refractivity contribution in [3.8, 4) is 0 Å². The van der Waals surface area contributed by atoms with Crippen LogP contribution in [-0.4, -0.2) is 39.7 Å². The Morgan fingerprint density at radius 3 is 2.96 bits per heavy atom. The summed E-state index contributed by atoms with van der Waals surface area (Å²) < 4.78 is 1.79. The lowest BCUT2D eigenvalue weighted by Crippen LogP contribution is -2.27. The van der Waals surface area contributed by atoms with Crippen molar-refractivity contribution in [3.63, 3.8) is 0 Å². The van der Waals surface area contributed by atoms with Gasteiger partial charge in [0.25, 0.3) is 0 Å². The Labute approximate surface area is 153 Å². The fourth-order valence-corrected chi connectivity index (χ4v) is 3.92. The highest BCUT2D eigenvalue weighted by atomic mass is 32.1. The molecule has 6 nitrogen and oxygen atoms in total. The predicted octanol–water partition coefficient (Wildman–Crippen LogP) is 2.72. The van der Waals surface area contributed by atoms with Crippen molar-refractivity contribution in [1.82, 2.24) is 25.0 Å². The van der Waals surface area contributed by atoms with Gasteiger partial charge in [-0.2, -0.15) is 5.10 Å². The molecule has 1 amide bonds. The van der Waals surface area contributed by atoms with E-state index in [1.54, 1.807) is 35.0 Å². The lowest BCUT2D eigenvalue weighted by Gasteiger charge is -2.22. The van der Waals surface area contributed by atoms with Gasteiger partial charge in [-0.3, -0.25) is 9.48 Å². The molecule has 3 rings (SSSR count). The number of nitrogens with zero attached hydrogens (tertiary/aromatic N) is 4. The van der Waals surface area contributed by atoms with Crippen molar-refractivity contribution in [1.29, 1.82) is 0 Å². The molecule has 0 fully saturated rings. The van der Waals surface area contributed by atoms with E-state index in [-0.39, 0.29) is 11.9 Å². The molecule has 1 N–H and O–H groups in total. The van der Waals surface area contributed by atoms with E-state index in [2.05, 4.69) is 24.1 Å². The Balaban J connectivity index is 1.66. The second-order valence-corrected chi connectivity index (χ2v) is 8.32. The minimum absolute atomic E-state index is 0.0650. The number of rotatable bonds is 6. The third-order valence-electron chi connectivity index (χ3n) is 4.52. The molecule has 0 aliphatic heterocycles. The molecular weight excluding hydrogens is 334 g/mol. The van der Waals surface area contributed by atoms with Crippen molar-refractivity contribution in [2.24, 2.45) is 0 Å². The average molecular weight is 362 g/mol. The van der Waals surface area contributed by atoms with Crippen LogP contribution < -0.4 is 5.32 Å². The smallest absolute Gasteiger partial charge is 0.243 e. The largest absolute Gasteiger partial charge is 0.347 e. The third kappa shape index (κ3) is 4.27. The highest BCUT2D eigenvalue weighted by Gasteiger charge is 2.24. The van der Waals surface area contributed by atoms with Gasteiger partial charge in [0, 0.05) is 43.8 Å². The predicted molar refractivity (Wildman–Crippen MR) is 99.6 cm³/mol. The third-order valence-corrected chi connectivity index (χ3v) is 5.82. The van der Waals surface area contributed by atoms with Gasteiger partial charge in [-0.15, -0.1) is 11.3 Å². The first-order chi connectivity index (χ1) is 11.9. The molecule has 0 saturated heterocycles. The fraction of sp³-hybridized carbons (Fsp3) is 0.611. The second-order valence-electron chi connectivity index (χ2n) is 7.17. The van der Waals surface area contributed by atoms with Crippen molar-refractivity contribution < 1.29 is 4.79 Å². The van der Waals surface area contributed by atoms with Gasteiger partial charge < -0.3 is 10.2 Å². The minimum atomic E-state index is 0.0650. The SMILES string of the molecule is CC(C)c1ncc(CN[C@H]2CCCc3cn(CC(=O)N(C)C)nc32)s1. The molecule has 0 radical (unpaired) electrons. The highest BCUT2D eigenvalue weighted by molar-refractivity contribution is 7.11. The van der Waals surface area contributed by atoms with E-state index in [1.165, 1.54) is 15.4 Å². The van der Waals surface area contributed by atoms with Crippen LogP contribution in [0, 0.1) is 0 Å². The molecule has 0 spiro atoms. The monoisotopic (exact) mass is 361 g/mol. The second kappa shape index (κ2) is 7.66. The molecule has 0 aromatic carbocycles. The number of likely N-dealkylation sites (N-methyl/N-ethyl adjacent to an activating group) is 1. The van der Waals surface area contributed by atoms with Gasteiger partial charge in [-0.25, -0.2) is 4.98 Å². The van der Waals surface area contributed by atoms with Crippen LogP contribution in [0.3, 0.4) is 0 Å². The van der Waals surface area contributed by atoms with E-state index >= 15 is 0 Å². The van der Waals surface area contributed by atoms with Crippen LogP contribution in [0.5, 0.6) is 0 Å². The summed E-state index contributed by atoms with van der Waals surface area (Å²) in [6.07, 6.45) is 7.29. The topological polar surface area (TPSA) is 63.1 Å². The molecule has 1 aliphatic carbocycles. The first kappa shape index (κ1) is 18.1. The molecule has 0 unspecified atom stereocenters. The summed E-state index contributed by atoms with van der Waals surface area (Å²) in [6.45, 7) is 5.47. The van der Waals surface area contributed by atoms with Crippen LogP contribution in [0.15, 0.2) is 12.4 Å². The lowest BCUT2D eigenvalue weighted by molar-refractivity contribution is -0.129. The zero-order chi connectivity index (χ0) is 18.0. The minimum Gasteiger partial charge on any atom is -0.347 e. The number of aryl methyl sites for hydroxylation is 1. The zero-order valence-electron chi connectivity index (χ0n) is 15.5. The van der Waals surface area contributed by atoms with Crippen molar-refractivity contribution in [2.45, 2.75) is 58.2 Å². The van der Waals surface area contributed by atoms with Crippen LogP contribution in [0.1, 0.15) is 59.8 Å². The Kier molecular flexibility index (Phi) is 5.54. The number of aromatic nitrogens is 3. The average Bonchev–Trinajstić information content (AvgIpc) is 3.19. The standard InChI is InChI=1S/C18H27N5OS/c1-12(2)18-20-9-14(25-18)8-19-15-7-5-6-13-10-23(21-17(13)15)11-16(24)22(3)4/h9-10,12,15,19H,5-8,11H2,1-4H3/t15-/m0/s1. The van der Waals surface area contributed by atoms with E-state index in [9.17, 15) is 4.79 Å². The van der Waals surface area contributed by atoms with Gasteiger partial charge in [0.05, 0.1) is 16.7 Å². The number of hydrogen-bond donors (Lipinski definition) is 1. The molecule has 0 saturated carbocycles. The van der Waals surface area contributed by atoms with Crippen LogP contribution >= 0.6 is 11.3 Å². The van der Waals surface area contributed by atoms with E-state index in [0.29, 0.717) is 12.5 Å². The quantitative estimate of drug-likeness (QED) is 0.859. The molecular formula is C18H27N5OS. The Hall–Kier alpha value is -1.73. The van der Waals surface area contributed by atoms with Gasteiger partial charge in [0.15, 0.2) is 0 Å². The van der Waals surface area contributed by atoms with Gasteiger partial charge >= 0.3 is 0 Å². The van der Waals surface area contributed by atoms with Gasteiger partial charge in [-0.1, -0.05) is 13.8 Å². The summed E-state index contributed by atoms with van der Waals surface area (Å²) in [4.78, 5) is 19.3. The summed E-state index contributed by atoms with van der Waals surface area (Å²) in [7, 11) is 3.55. The van der Waals surface area contributed by atoms with Gasteiger partial charge in [0.1, 0.15) is 6.54 Å². The van der Waals surface area contributed by atoms with Gasteiger partial charge in [0.2, 0.25) is 5.91 Å². The highest BCUT2D eigenvalue weighted by Crippen LogP contribution is 2.29. The van der Waals surface area contributed by atoms with E-state index in [1.807, 2.05) is 12.4 Å². The lowest BCUT2D eigenvalue weighted by atomic mass is 9.94. The normalized spacial score (nSPS) is 16.9. The molecule has 1 aliphatic rings. The van der Waals surface area contributed by atoms with E-state index in [4.69, 9.17) is 5.10 Å². The zero-order valence-corrected chi connectivity index (χ0v) is 16.3. The van der Waals surface area contributed by atoms with Crippen LogP contribution in [0.25, 0.3) is 0 Å². The number of amides is 1. The van der Waals surface area contributed by atoms with Crippen LogP contribution in [0.4, 0.5) is 0 Å². The number of fused-ring (bicyclic) bond motifs is 1. The summed E-state index contributed by atoms with van der Waals surface area (Å²) >= 11 is 1.78. The molecule has 7 heteroatoms. The number of nitrogens with one attached hydrogen (secondary N) is 1. The summed E-state index contributed by atoms with van der Waals surface area (Å²) in [5.74, 6) is 0.542. The maximum Gasteiger partial charge on any atom is 0.243 e. The fourth-order valence-electron chi connectivity index (χ4n) is 3.05. The van der Waals surface area contributed by atoms with Crippen molar-refractivity contribution in [3.05, 3.63) is 33.5 Å². The maximum atomic E-state index is 11.9. The molecule has 25 heavy (non-hydrogen) atoms. The molecule has 2 aromatic heterocycles. The number of hydrogen-bond acceptors (Lipinski definition) is 5. The summed E-state index contributed by atoms with van der Waals surface area (Å²) in [5.41, 5.74) is 2.37. The molecule has 2 heterocycles. The number of carbonyl (C=O) groups is 1. The maximum absolute atomic E-state index is 11.9.